The fourth-order valence-electron chi connectivity index (χ4n) is 1.46. The van der Waals surface area contributed by atoms with Gasteiger partial charge < -0.3 is 15.2 Å². The lowest BCUT2D eigenvalue weighted by molar-refractivity contribution is -0.123. The van der Waals surface area contributed by atoms with Crippen molar-refractivity contribution in [3.8, 4) is 11.5 Å². The number of carbonyl (C=O) groups excluding carboxylic acids is 1. The highest BCUT2D eigenvalue weighted by molar-refractivity contribution is 5.78. The van der Waals surface area contributed by atoms with Crippen molar-refractivity contribution in [2.75, 3.05) is 6.61 Å². The van der Waals surface area contributed by atoms with E-state index in [1.54, 1.807) is 12.1 Å². The van der Waals surface area contributed by atoms with Gasteiger partial charge in [-0.3, -0.25) is 4.79 Å². The van der Waals surface area contributed by atoms with Crippen LogP contribution in [0.2, 0.25) is 0 Å². The molecule has 1 amide bonds. The molecule has 1 aromatic rings. The standard InChI is InChI=1S/C12H15NO3/c1-8-4-10(14)6-11(5-8)16-7-12(15)13-9-2-3-9/h4-6,9,14H,2-3,7H2,1H3,(H,13,15). The number of benzene rings is 1. The summed E-state index contributed by atoms with van der Waals surface area (Å²) in [4.78, 5) is 11.3. The molecule has 1 fully saturated rings. The maximum absolute atomic E-state index is 11.3. The summed E-state index contributed by atoms with van der Waals surface area (Å²) < 4.78 is 5.29. The fraction of sp³-hybridized carbons (Fsp3) is 0.417. The SMILES string of the molecule is Cc1cc(O)cc(OCC(=O)NC2CC2)c1. The summed E-state index contributed by atoms with van der Waals surface area (Å²) in [5.41, 5.74) is 0.901. The van der Waals surface area contributed by atoms with Crippen LogP contribution in [-0.2, 0) is 4.79 Å². The zero-order valence-corrected chi connectivity index (χ0v) is 9.19. The van der Waals surface area contributed by atoms with E-state index in [4.69, 9.17) is 4.74 Å². The van der Waals surface area contributed by atoms with Gasteiger partial charge in [-0.05, 0) is 37.5 Å². The van der Waals surface area contributed by atoms with E-state index in [1.807, 2.05) is 6.92 Å². The number of rotatable bonds is 4. The Labute approximate surface area is 94.2 Å². The summed E-state index contributed by atoms with van der Waals surface area (Å²) in [6, 6.07) is 5.26. The monoisotopic (exact) mass is 221 g/mol. The second-order valence-electron chi connectivity index (χ2n) is 4.13. The summed E-state index contributed by atoms with van der Waals surface area (Å²) in [5.74, 6) is 0.560. The van der Waals surface area contributed by atoms with Gasteiger partial charge in [-0.1, -0.05) is 0 Å². The molecule has 0 heterocycles. The van der Waals surface area contributed by atoms with Crippen molar-refractivity contribution >= 4 is 5.91 Å². The normalized spacial score (nSPS) is 14.6. The first kappa shape index (κ1) is 10.8. The van der Waals surface area contributed by atoms with Crippen molar-refractivity contribution in [1.29, 1.82) is 0 Å². The van der Waals surface area contributed by atoms with Gasteiger partial charge in [0.25, 0.3) is 5.91 Å². The molecular weight excluding hydrogens is 206 g/mol. The van der Waals surface area contributed by atoms with Crippen LogP contribution in [0, 0.1) is 6.92 Å². The molecule has 2 rings (SSSR count). The van der Waals surface area contributed by atoms with Gasteiger partial charge in [0.05, 0.1) is 0 Å². The lowest BCUT2D eigenvalue weighted by Gasteiger charge is -2.07. The zero-order valence-electron chi connectivity index (χ0n) is 9.19. The highest BCUT2D eigenvalue weighted by Crippen LogP contribution is 2.21. The van der Waals surface area contributed by atoms with Gasteiger partial charge in [0.15, 0.2) is 6.61 Å². The Hall–Kier alpha value is -1.71. The van der Waals surface area contributed by atoms with Crippen LogP contribution in [0.3, 0.4) is 0 Å². The Balaban J connectivity index is 1.85. The van der Waals surface area contributed by atoms with E-state index >= 15 is 0 Å². The summed E-state index contributed by atoms with van der Waals surface area (Å²) in [6.07, 6.45) is 2.13. The number of aryl methyl sites for hydroxylation is 1. The lowest BCUT2D eigenvalue weighted by Crippen LogP contribution is -2.30. The van der Waals surface area contributed by atoms with Crippen LogP contribution >= 0.6 is 0 Å². The molecule has 16 heavy (non-hydrogen) atoms. The number of amides is 1. The molecule has 0 aromatic heterocycles. The smallest absolute Gasteiger partial charge is 0.258 e. The van der Waals surface area contributed by atoms with Gasteiger partial charge >= 0.3 is 0 Å². The molecule has 0 radical (unpaired) electrons. The van der Waals surface area contributed by atoms with E-state index in [2.05, 4.69) is 5.32 Å². The van der Waals surface area contributed by atoms with Crippen LogP contribution in [0.1, 0.15) is 18.4 Å². The highest BCUT2D eigenvalue weighted by atomic mass is 16.5. The fourth-order valence-corrected chi connectivity index (χ4v) is 1.46. The van der Waals surface area contributed by atoms with Crippen molar-refractivity contribution in [3.05, 3.63) is 23.8 Å². The molecule has 0 bridgehead atoms. The first-order valence-electron chi connectivity index (χ1n) is 5.36. The van der Waals surface area contributed by atoms with Crippen molar-refractivity contribution in [1.82, 2.24) is 5.32 Å². The molecule has 1 aliphatic rings. The third-order valence-corrected chi connectivity index (χ3v) is 2.35. The highest BCUT2D eigenvalue weighted by Gasteiger charge is 2.23. The molecule has 1 aromatic carbocycles. The number of nitrogens with one attached hydrogen (secondary N) is 1. The predicted molar refractivity (Wildman–Crippen MR) is 59.5 cm³/mol. The van der Waals surface area contributed by atoms with Crippen LogP contribution in [0.4, 0.5) is 0 Å². The molecule has 4 heteroatoms. The van der Waals surface area contributed by atoms with Gasteiger partial charge in [-0.25, -0.2) is 0 Å². The number of hydrogen-bond acceptors (Lipinski definition) is 3. The predicted octanol–water partition coefficient (Wildman–Crippen LogP) is 1.36. The number of phenols is 1. The Kier molecular flexibility index (Phi) is 2.99. The van der Waals surface area contributed by atoms with Gasteiger partial charge in [0.2, 0.25) is 0 Å². The van der Waals surface area contributed by atoms with E-state index in [0.29, 0.717) is 11.8 Å². The molecule has 0 atom stereocenters. The molecule has 1 aliphatic carbocycles. The molecule has 0 unspecified atom stereocenters. The minimum Gasteiger partial charge on any atom is -0.508 e. The Morgan fingerprint density at radius 1 is 1.50 bits per heavy atom. The van der Waals surface area contributed by atoms with Gasteiger partial charge in [0.1, 0.15) is 11.5 Å². The first-order chi connectivity index (χ1) is 7.63. The molecule has 1 saturated carbocycles. The van der Waals surface area contributed by atoms with Gasteiger partial charge in [-0.15, -0.1) is 0 Å². The molecule has 4 nitrogen and oxygen atoms in total. The maximum Gasteiger partial charge on any atom is 0.258 e. The van der Waals surface area contributed by atoms with Crippen molar-refractivity contribution in [2.24, 2.45) is 0 Å². The van der Waals surface area contributed by atoms with Gasteiger partial charge in [-0.2, -0.15) is 0 Å². The third-order valence-electron chi connectivity index (χ3n) is 2.35. The number of aromatic hydroxyl groups is 1. The van der Waals surface area contributed by atoms with Crippen molar-refractivity contribution in [3.63, 3.8) is 0 Å². The Bertz CT molecular complexity index is 379. The largest absolute Gasteiger partial charge is 0.508 e. The number of carbonyl (C=O) groups is 1. The Morgan fingerprint density at radius 2 is 2.25 bits per heavy atom. The van der Waals surface area contributed by atoms with E-state index in [9.17, 15) is 9.90 Å². The molecular formula is C12H15NO3. The topological polar surface area (TPSA) is 58.6 Å². The molecule has 86 valence electrons. The van der Waals surface area contributed by atoms with Crippen LogP contribution in [0.15, 0.2) is 18.2 Å². The van der Waals surface area contributed by atoms with Crippen LogP contribution in [0.5, 0.6) is 11.5 Å². The summed E-state index contributed by atoms with van der Waals surface area (Å²) in [5, 5.41) is 12.2. The van der Waals surface area contributed by atoms with E-state index < -0.39 is 0 Å². The average Bonchev–Trinajstić information content (AvgIpc) is 2.97. The second-order valence-corrected chi connectivity index (χ2v) is 4.13. The van der Waals surface area contributed by atoms with E-state index in [1.165, 1.54) is 6.07 Å². The van der Waals surface area contributed by atoms with Crippen molar-refractivity contribution in [2.45, 2.75) is 25.8 Å². The number of phenolic OH excluding ortho intramolecular Hbond substituents is 1. The summed E-state index contributed by atoms with van der Waals surface area (Å²) in [6.45, 7) is 1.86. The van der Waals surface area contributed by atoms with E-state index in [0.717, 1.165) is 18.4 Å². The molecule has 0 spiro atoms. The minimum absolute atomic E-state index is 0.000602. The minimum atomic E-state index is -0.108. The van der Waals surface area contributed by atoms with E-state index in [-0.39, 0.29) is 18.3 Å². The number of ether oxygens (including phenoxy) is 1. The average molecular weight is 221 g/mol. The molecule has 2 N–H and O–H groups in total. The zero-order chi connectivity index (χ0) is 11.5. The van der Waals surface area contributed by atoms with Crippen LogP contribution in [-0.4, -0.2) is 23.7 Å². The number of hydrogen-bond donors (Lipinski definition) is 2. The third kappa shape index (κ3) is 3.15. The first-order valence-corrected chi connectivity index (χ1v) is 5.36. The summed E-state index contributed by atoms with van der Waals surface area (Å²) >= 11 is 0. The quantitative estimate of drug-likeness (QED) is 0.807. The molecule has 0 saturated heterocycles. The lowest BCUT2D eigenvalue weighted by atomic mass is 10.2. The summed E-state index contributed by atoms with van der Waals surface area (Å²) in [7, 11) is 0. The van der Waals surface area contributed by atoms with Crippen LogP contribution in [0.25, 0.3) is 0 Å². The second kappa shape index (κ2) is 4.43. The maximum atomic E-state index is 11.3. The molecule has 0 aliphatic heterocycles. The van der Waals surface area contributed by atoms with Crippen LogP contribution < -0.4 is 10.1 Å². The van der Waals surface area contributed by atoms with Gasteiger partial charge in [0, 0.05) is 12.1 Å². The van der Waals surface area contributed by atoms with Crippen molar-refractivity contribution < 1.29 is 14.6 Å². The Morgan fingerprint density at radius 3 is 2.88 bits per heavy atom.